The van der Waals surface area contributed by atoms with Gasteiger partial charge in [-0.1, -0.05) is 24.3 Å². The first-order chi connectivity index (χ1) is 9.93. The Morgan fingerprint density at radius 3 is 2.33 bits per heavy atom. The average molecular weight is 291 g/mol. The molecular weight excluding hydrogens is 276 g/mol. The number of anilines is 1. The number of aromatic carboxylic acids is 1. The largest absolute Gasteiger partial charge is 0.478 e. The van der Waals surface area contributed by atoms with E-state index in [2.05, 4.69) is 0 Å². The van der Waals surface area contributed by atoms with Gasteiger partial charge in [0.1, 0.15) is 11.6 Å². The fraction of sp³-hybridized carbons (Fsp3) is 0.188. The van der Waals surface area contributed by atoms with Gasteiger partial charge in [-0.3, -0.25) is 0 Å². The van der Waals surface area contributed by atoms with Gasteiger partial charge in [0.05, 0.1) is 17.3 Å². The van der Waals surface area contributed by atoms with Crippen LogP contribution < -0.4 is 4.90 Å². The molecule has 0 saturated carbocycles. The second-order valence-corrected chi connectivity index (χ2v) is 4.75. The Labute approximate surface area is 121 Å². The van der Waals surface area contributed by atoms with Crippen molar-refractivity contribution in [3.8, 4) is 0 Å². The number of rotatable bonds is 4. The molecule has 0 amide bonds. The lowest BCUT2D eigenvalue weighted by Crippen LogP contribution is -2.25. The van der Waals surface area contributed by atoms with Crippen molar-refractivity contribution in [3.63, 3.8) is 0 Å². The molecule has 0 aromatic heterocycles. The Kier molecular flexibility index (Phi) is 4.21. The van der Waals surface area contributed by atoms with E-state index in [4.69, 9.17) is 0 Å². The smallest absolute Gasteiger partial charge is 0.337 e. The zero-order valence-electron chi connectivity index (χ0n) is 11.7. The first kappa shape index (κ1) is 15.0. The van der Waals surface area contributed by atoms with Crippen molar-refractivity contribution in [3.05, 3.63) is 65.2 Å². The monoisotopic (exact) mass is 291 g/mol. The van der Waals surface area contributed by atoms with Crippen molar-refractivity contribution in [2.45, 2.75) is 13.0 Å². The number of carboxylic acid groups (broad SMARTS) is 1. The van der Waals surface area contributed by atoms with E-state index < -0.39 is 23.6 Å². The highest BCUT2D eigenvalue weighted by Crippen LogP contribution is 2.31. The van der Waals surface area contributed by atoms with E-state index in [-0.39, 0.29) is 11.3 Å². The number of hydrogen-bond donors (Lipinski definition) is 1. The summed E-state index contributed by atoms with van der Waals surface area (Å²) in [7, 11) is 1.54. The Balaban J connectivity index is 2.48. The van der Waals surface area contributed by atoms with E-state index in [0.717, 1.165) is 0 Å². The lowest BCUT2D eigenvalue weighted by atomic mass is 10.0. The number of hydrogen-bond acceptors (Lipinski definition) is 2. The van der Waals surface area contributed by atoms with Crippen LogP contribution in [0.25, 0.3) is 0 Å². The number of carboxylic acids is 1. The summed E-state index contributed by atoms with van der Waals surface area (Å²) < 4.78 is 27.9. The fourth-order valence-corrected chi connectivity index (χ4v) is 2.26. The Bertz CT molecular complexity index is 673. The molecule has 0 radical (unpaired) electrons. The minimum absolute atomic E-state index is 0.0549. The van der Waals surface area contributed by atoms with Crippen molar-refractivity contribution >= 4 is 11.7 Å². The summed E-state index contributed by atoms with van der Waals surface area (Å²) in [6.45, 7) is 1.69. The number of nitrogens with zero attached hydrogens (tertiary/aromatic N) is 1. The second kappa shape index (κ2) is 5.91. The van der Waals surface area contributed by atoms with Crippen LogP contribution in [0.4, 0.5) is 14.5 Å². The fourth-order valence-electron chi connectivity index (χ4n) is 2.26. The van der Waals surface area contributed by atoms with E-state index in [9.17, 15) is 18.7 Å². The quantitative estimate of drug-likeness (QED) is 0.930. The van der Waals surface area contributed by atoms with Crippen molar-refractivity contribution in [1.29, 1.82) is 0 Å². The minimum Gasteiger partial charge on any atom is -0.478 e. The predicted octanol–water partition coefficient (Wildman–Crippen LogP) is 3.86. The number of para-hydroxylation sites is 1. The predicted molar refractivity (Wildman–Crippen MR) is 76.6 cm³/mol. The summed E-state index contributed by atoms with van der Waals surface area (Å²) in [5.41, 5.74) is 0.168. The van der Waals surface area contributed by atoms with Crippen LogP contribution in [0.15, 0.2) is 42.5 Å². The Hall–Kier alpha value is -2.43. The van der Waals surface area contributed by atoms with Gasteiger partial charge in [-0.25, -0.2) is 13.6 Å². The van der Waals surface area contributed by atoms with Crippen LogP contribution in [-0.2, 0) is 0 Å². The molecule has 1 unspecified atom stereocenters. The highest BCUT2D eigenvalue weighted by Gasteiger charge is 2.23. The number of halogens is 2. The lowest BCUT2D eigenvalue weighted by molar-refractivity contribution is 0.0697. The number of carbonyl (C=O) groups is 1. The molecule has 0 heterocycles. The second-order valence-electron chi connectivity index (χ2n) is 4.75. The topological polar surface area (TPSA) is 40.5 Å². The molecule has 0 aliphatic heterocycles. The van der Waals surface area contributed by atoms with E-state index in [0.29, 0.717) is 5.56 Å². The van der Waals surface area contributed by atoms with E-state index in [1.165, 1.54) is 29.2 Å². The molecule has 1 N–H and O–H groups in total. The third kappa shape index (κ3) is 2.86. The summed E-state index contributed by atoms with van der Waals surface area (Å²) in [5, 5.41) is 9.18. The zero-order valence-corrected chi connectivity index (χ0v) is 11.7. The maximum Gasteiger partial charge on any atom is 0.337 e. The summed E-state index contributed by atoms with van der Waals surface area (Å²) in [6.07, 6.45) is 0. The summed E-state index contributed by atoms with van der Waals surface area (Å²) in [4.78, 5) is 12.7. The molecule has 21 heavy (non-hydrogen) atoms. The van der Waals surface area contributed by atoms with Gasteiger partial charge in [-0.15, -0.1) is 0 Å². The van der Waals surface area contributed by atoms with Gasteiger partial charge in [-0.05, 0) is 25.1 Å². The van der Waals surface area contributed by atoms with Crippen molar-refractivity contribution < 1.29 is 18.7 Å². The van der Waals surface area contributed by atoms with Crippen LogP contribution in [-0.4, -0.2) is 18.1 Å². The SMILES string of the molecule is CC(c1ccccc1F)N(C)c1c(F)cccc1C(=O)O. The Morgan fingerprint density at radius 2 is 1.71 bits per heavy atom. The van der Waals surface area contributed by atoms with Gasteiger partial charge in [0.15, 0.2) is 0 Å². The molecule has 5 heteroatoms. The van der Waals surface area contributed by atoms with Crippen LogP contribution >= 0.6 is 0 Å². The van der Waals surface area contributed by atoms with Crippen LogP contribution in [0.3, 0.4) is 0 Å². The summed E-state index contributed by atoms with van der Waals surface area (Å²) in [6, 6.07) is 9.50. The standard InChI is InChI=1S/C16H15F2NO2/c1-10(11-6-3-4-8-13(11)17)19(2)15-12(16(20)21)7-5-9-14(15)18/h3-10H,1-2H3,(H,20,21). The molecule has 2 aromatic carbocycles. The van der Waals surface area contributed by atoms with Gasteiger partial charge in [0.25, 0.3) is 0 Å². The molecule has 0 aliphatic rings. The van der Waals surface area contributed by atoms with Gasteiger partial charge < -0.3 is 10.0 Å². The number of benzene rings is 2. The molecule has 2 aromatic rings. The highest BCUT2D eigenvalue weighted by atomic mass is 19.1. The van der Waals surface area contributed by atoms with E-state index in [1.807, 2.05) is 0 Å². The van der Waals surface area contributed by atoms with Crippen LogP contribution in [0, 0.1) is 11.6 Å². The van der Waals surface area contributed by atoms with E-state index in [1.54, 1.807) is 32.2 Å². The molecule has 0 bridgehead atoms. The molecule has 0 saturated heterocycles. The molecule has 0 fully saturated rings. The third-order valence-corrected chi connectivity index (χ3v) is 3.51. The Morgan fingerprint density at radius 1 is 1.10 bits per heavy atom. The average Bonchev–Trinajstić information content (AvgIpc) is 2.46. The van der Waals surface area contributed by atoms with Gasteiger partial charge in [0, 0.05) is 12.6 Å². The van der Waals surface area contributed by atoms with Gasteiger partial charge in [-0.2, -0.15) is 0 Å². The van der Waals surface area contributed by atoms with Gasteiger partial charge in [0.2, 0.25) is 0 Å². The highest BCUT2D eigenvalue weighted by molar-refractivity contribution is 5.94. The normalized spacial score (nSPS) is 12.0. The maximum atomic E-state index is 14.0. The molecule has 1 atom stereocenters. The molecule has 3 nitrogen and oxygen atoms in total. The molecule has 0 spiro atoms. The third-order valence-electron chi connectivity index (χ3n) is 3.51. The first-order valence-electron chi connectivity index (χ1n) is 6.42. The molecule has 0 aliphatic carbocycles. The molecular formula is C16H15F2NO2. The zero-order chi connectivity index (χ0) is 15.6. The van der Waals surface area contributed by atoms with Gasteiger partial charge >= 0.3 is 5.97 Å². The minimum atomic E-state index is -1.22. The van der Waals surface area contributed by atoms with Crippen molar-refractivity contribution in [1.82, 2.24) is 0 Å². The molecule has 110 valence electrons. The van der Waals surface area contributed by atoms with Crippen LogP contribution in [0.5, 0.6) is 0 Å². The lowest BCUT2D eigenvalue weighted by Gasteiger charge is -2.29. The van der Waals surface area contributed by atoms with E-state index >= 15 is 0 Å². The summed E-state index contributed by atoms with van der Waals surface area (Å²) >= 11 is 0. The first-order valence-corrected chi connectivity index (χ1v) is 6.42. The maximum absolute atomic E-state index is 14.0. The van der Waals surface area contributed by atoms with Crippen LogP contribution in [0.1, 0.15) is 28.9 Å². The van der Waals surface area contributed by atoms with Crippen molar-refractivity contribution in [2.24, 2.45) is 0 Å². The van der Waals surface area contributed by atoms with Crippen LogP contribution in [0.2, 0.25) is 0 Å². The molecule has 2 rings (SSSR count). The summed E-state index contributed by atoms with van der Waals surface area (Å²) in [5.74, 6) is -2.29. The van der Waals surface area contributed by atoms with Crippen molar-refractivity contribution in [2.75, 3.05) is 11.9 Å².